The predicted molar refractivity (Wildman–Crippen MR) is 111 cm³/mol. The van der Waals surface area contributed by atoms with Crippen LogP contribution in [0.15, 0.2) is 23.2 Å². The number of hydrogen-bond acceptors (Lipinski definition) is 3. The van der Waals surface area contributed by atoms with Gasteiger partial charge in [-0.25, -0.2) is 0 Å². The molecule has 0 bridgehead atoms. The Balaban J connectivity index is 1.68. The van der Waals surface area contributed by atoms with Gasteiger partial charge in [0.25, 0.3) is 0 Å². The van der Waals surface area contributed by atoms with Gasteiger partial charge in [0, 0.05) is 37.1 Å². The summed E-state index contributed by atoms with van der Waals surface area (Å²) in [5.74, 6) is 1.99. The molecule has 6 nitrogen and oxygen atoms in total. The molecule has 27 heavy (non-hydrogen) atoms. The monoisotopic (exact) mass is 394 g/mol. The van der Waals surface area contributed by atoms with Crippen LogP contribution in [0.4, 0.5) is 0 Å². The molecular weight excluding hydrogens is 364 g/mol. The number of halogens is 1. The first-order valence-electron chi connectivity index (χ1n) is 9.76. The van der Waals surface area contributed by atoms with Crippen LogP contribution < -0.4 is 20.7 Å². The van der Waals surface area contributed by atoms with Crippen LogP contribution in [0.2, 0.25) is 5.02 Å². The fourth-order valence-corrected chi connectivity index (χ4v) is 3.08. The largest absolute Gasteiger partial charge is 0.497 e. The molecule has 0 heterocycles. The average molecular weight is 395 g/mol. The fourth-order valence-electron chi connectivity index (χ4n) is 2.81. The van der Waals surface area contributed by atoms with Gasteiger partial charge in [0.15, 0.2) is 5.96 Å². The Bertz CT molecular complexity index is 632. The van der Waals surface area contributed by atoms with Gasteiger partial charge in [0.2, 0.25) is 5.91 Å². The number of rotatable bonds is 10. The van der Waals surface area contributed by atoms with Crippen LogP contribution in [-0.4, -0.2) is 45.2 Å². The van der Waals surface area contributed by atoms with Crippen LogP contribution >= 0.6 is 11.6 Å². The number of benzene rings is 1. The second kappa shape index (κ2) is 11.7. The molecule has 0 unspecified atom stereocenters. The molecule has 1 aromatic rings. The number of carbonyl (C=O) groups excluding carboxylic acids is 1. The van der Waals surface area contributed by atoms with Crippen LogP contribution in [0, 0.1) is 5.92 Å². The van der Waals surface area contributed by atoms with Gasteiger partial charge in [0.05, 0.1) is 7.11 Å². The molecule has 1 amide bonds. The molecule has 1 saturated carbocycles. The lowest BCUT2D eigenvalue weighted by atomic mass is 9.85. The maximum absolute atomic E-state index is 11.8. The van der Waals surface area contributed by atoms with E-state index in [1.807, 2.05) is 25.1 Å². The zero-order valence-corrected chi connectivity index (χ0v) is 17.1. The van der Waals surface area contributed by atoms with Crippen molar-refractivity contribution in [3.63, 3.8) is 0 Å². The van der Waals surface area contributed by atoms with E-state index < -0.39 is 0 Å². The average Bonchev–Trinajstić information content (AvgIpc) is 2.61. The lowest BCUT2D eigenvalue weighted by molar-refractivity contribution is -0.127. The van der Waals surface area contributed by atoms with Crippen LogP contribution in [0.3, 0.4) is 0 Å². The first kappa shape index (κ1) is 21.4. The summed E-state index contributed by atoms with van der Waals surface area (Å²) in [4.78, 5) is 16.3. The molecule has 1 aromatic carbocycles. The van der Waals surface area contributed by atoms with Gasteiger partial charge in [-0.15, -0.1) is 0 Å². The highest BCUT2D eigenvalue weighted by molar-refractivity contribution is 6.31. The minimum absolute atomic E-state index is 0.201. The van der Waals surface area contributed by atoms with E-state index in [1.165, 1.54) is 6.42 Å². The van der Waals surface area contributed by atoms with E-state index in [0.717, 1.165) is 56.0 Å². The summed E-state index contributed by atoms with van der Waals surface area (Å²) in [6, 6.07) is 5.73. The molecule has 0 radical (unpaired) electrons. The van der Waals surface area contributed by atoms with Crippen LogP contribution in [0.1, 0.15) is 38.2 Å². The summed E-state index contributed by atoms with van der Waals surface area (Å²) in [5, 5.41) is 10.3. The summed E-state index contributed by atoms with van der Waals surface area (Å²) >= 11 is 6.28. The molecule has 1 aliphatic carbocycles. The van der Waals surface area contributed by atoms with Gasteiger partial charge < -0.3 is 20.7 Å². The number of guanidine groups is 1. The number of aliphatic imine (C=N–C) groups is 1. The topological polar surface area (TPSA) is 74.8 Å². The van der Waals surface area contributed by atoms with Gasteiger partial charge in [0.1, 0.15) is 5.75 Å². The molecule has 0 saturated heterocycles. The molecule has 1 aliphatic rings. The Morgan fingerprint density at radius 2 is 2.07 bits per heavy atom. The Labute approximate surface area is 167 Å². The maximum Gasteiger partial charge on any atom is 0.223 e. The molecular formula is C20H31ClN4O2. The van der Waals surface area contributed by atoms with E-state index >= 15 is 0 Å². The van der Waals surface area contributed by atoms with Crippen molar-refractivity contribution < 1.29 is 9.53 Å². The van der Waals surface area contributed by atoms with Crippen molar-refractivity contribution in [3.05, 3.63) is 28.8 Å². The lowest BCUT2D eigenvalue weighted by Gasteiger charge is -2.23. The van der Waals surface area contributed by atoms with Gasteiger partial charge >= 0.3 is 0 Å². The summed E-state index contributed by atoms with van der Waals surface area (Å²) in [7, 11) is 1.63. The zero-order chi connectivity index (χ0) is 19.5. The lowest BCUT2D eigenvalue weighted by Crippen LogP contribution is -2.38. The molecule has 1 fully saturated rings. The molecule has 0 aliphatic heterocycles. The Kier molecular flexibility index (Phi) is 9.25. The smallest absolute Gasteiger partial charge is 0.223 e. The summed E-state index contributed by atoms with van der Waals surface area (Å²) in [5.41, 5.74) is 1.07. The van der Waals surface area contributed by atoms with Crippen LogP contribution in [0.25, 0.3) is 0 Å². The summed E-state index contributed by atoms with van der Waals surface area (Å²) in [6.45, 7) is 4.92. The first-order valence-corrected chi connectivity index (χ1v) is 10.1. The Hall–Kier alpha value is -1.95. The number of amides is 1. The van der Waals surface area contributed by atoms with Gasteiger partial charge in [-0.3, -0.25) is 9.79 Å². The first-order chi connectivity index (χ1) is 13.1. The highest BCUT2D eigenvalue weighted by Gasteiger charge is 2.24. The standard InChI is InChI=1S/C20H31ClN4O2/c1-3-22-20(24-12-5-11-23-19(26)16-6-4-7-16)25-13-10-15-8-9-17(27-2)14-18(15)21/h8-9,14,16H,3-7,10-13H2,1-2H3,(H,23,26)(H2,22,24,25). The fraction of sp³-hybridized carbons (Fsp3) is 0.600. The van der Waals surface area contributed by atoms with Crippen molar-refractivity contribution in [3.8, 4) is 5.75 Å². The second-order valence-electron chi connectivity index (χ2n) is 6.67. The minimum atomic E-state index is 0.201. The highest BCUT2D eigenvalue weighted by Crippen LogP contribution is 2.26. The Morgan fingerprint density at radius 3 is 2.70 bits per heavy atom. The van der Waals surface area contributed by atoms with E-state index in [4.69, 9.17) is 16.3 Å². The van der Waals surface area contributed by atoms with E-state index in [0.29, 0.717) is 18.1 Å². The third-order valence-electron chi connectivity index (χ3n) is 4.67. The quantitative estimate of drug-likeness (QED) is 0.324. The van der Waals surface area contributed by atoms with E-state index in [-0.39, 0.29) is 11.8 Å². The maximum atomic E-state index is 11.8. The van der Waals surface area contributed by atoms with E-state index in [2.05, 4.69) is 20.9 Å². The molecule has 0 spiro atoms. The number of carbonyl (C=O) groups is 1. The summed E-state index contributed by atoms with van der Waals surface area (Å²) < 4.78 is 5.17. The number of ether oxygens (including phenoxy) is 1. The minimum Gasteiger partial charge on any atom is -0.497 e. The SMILES string of the molecule is CCNC(=NCCCNC(=O)C1CCC1)NCCc1ccc(OC)cc1Cl. The highest BCUT2D eigenvalue weighted by atomic mass is 35.5. The van der Waals surface area contributed by atoms with Crippen molar-refractivity contribution in [2.45, 2.75) is 39.0 Å². The van der Waals surface area contributed by atoms with Crippen molar-refractivity contribution >= 4 is 23.5 Å². The molecule has 150 valence electrons. The van der Waals surface area contributed by atoms with E-state index in [9.17, 15) is 4.79 Å². The van der Waals surface area contributed by atoms with Crippen molar-refractivity contribution in [2.24, 2.45) is 10.9 Å². The molecule has 7 heteroatoms. The number of nitrogens with one attached hydrogen (secondary N) is 3. The van der Waals surface area contributed by atoms with Crippen molar-refractivity contribution in [1.29, 1.82) is 0 Å². The van der Waals surface area contributed by atoms with E-state index in [1.54, 1.807) is 7.11 Å². The van der Waals surface area contributed by atoms with Crippen molar-refractivity contribution in [1.82, 2.24) is 16.0 Å². The zero-order valence-electron chi connectivity index (χ0n) is 16.3. The Morgan fingerprint density at radius 1 is 1.26 bits per heavy atom. The van der Waals surface area contributed by atoms with Gasteiger partial charge in [-0.2, -0.15) is 0 Å². The second-order valence-corrected chi connectivity index (χ2v) is 7.07. The molecule has 0 atom stereocenters. The third-order valence-corrected chi connectivity index (χ3v) is 5.02. The molecule has 0 aromatic heterocycles. The van der Waals surface area contributed by atoms with Crippen LogP contribution in [-0.2, 0) is 11.2 Å². The predicted octanol–water partition coefficient (Wildman–Crippen LogP) is 2.75. The summed E-state index contributed by atoms with van der Waals surface area (Å²) in [6.07, 6.45) is 4.89. The van der Waals surface area contributed by atoms with Gasteiger partial charge in [-0.05, 0) is 50.3 Å². The van der Waals surface area contributed by atoms with Crippen molar-refractivity contribution in [2.75, 3.05) is 33.3 Å². The number of nitrogens with zero attached hydrogens (tertiary/aromatic N) is 1. The van der Waals surface area contributed by atoms with Crippen LogP contribution in [0.5, 0.6) is 5.75 Å². The van der Waals surface area contributed by atoms with Gasteiger partial charge in [-0.1, -0.05) is 24.1 Å². The number of hydrogen-bond donors (Lipinski definition) is 3. The molecule has 3 N–H and O–H groups in total. The molecule has 2 rings (SSSR count). The third kappa shape index (κ3) is 7.29. The number of methoxy groups -OCH3 is 1. The normalized spacial score (nSPS) is 14.4.